The molecular formula is C14H30N2O2. The molecule has 1 atom stereocenters. The van der Waals surface area contributed by atoms with Gasteiger partial charge in [0.15, 0.2) is 0 Å². The van der Waals surface area contributed by atoms with E-state index in [4.69, 9.17) is 10.5 Å². The van der Waals surface area contributed by atoms with E-state index in [2.05, 4.69) is 33.0 Å². The van der Waals surface area contributed by atoms with Crippen LogP contribution in [0.25, 0.3) is 0 Å². The summed E-state index contributed by atoms with van der Waals surface area (Å²) < 4.78 is 5.12. The number of hydrogen-bond acceptors (Lipinski definition) is 3. The molecule has 4 nitrogen and oxygen atoms in total. The predicted octanol–water partition coefficient (Wildman–Crippen LogP) is 1.93. The highest BCUT2D eigenvalue weighted by molar-refractivity contribution is 5.76. The smallest absolute Gasteiger partial charge is 0.220 e. The largest absolute Gasteiger partial charge is 0.383 e. The van der Waals surface area contributed by atoms with E-state index in [-0.39, 0.29) is 17.4 Å². The lowest BCUT2D eigenvalue weighted by molar-refractivity contribution is -0.123. The molecule has 108 valence electrons. The van der Waals surface area contributed by atoms with Crippen LogP contribution in [0.2, 0.25) is 0 Å². The SMILES string of the molecule is COCC(NC(=O)CCC(C)(C)CCN)C(C)C. The first-order chi connectivity index (χ1) is 8.32. The number of amides is 1. The number of rotatable bonds is 9. The van der Waals surface area contributed by atoms with Crippen LogP contribution in [0.15, 0.2) is 0 Å². The molecule has 18 heavy (non-hydrogen) atoms. The number of ether oxygens (including phenoxy) is 1. The van der Waals surface area contributed by atoms with Gasteiger partial charge in [0.25, 0.3) is 0 Å². The third-order valence-corrected chi connectivity index (χ3v) is 3.35. The maximum absolute atomic E-state index is 11.9. The van der Waals surface area contributed by atoms with Gasteiger partial charge >= 0.3 is 0 Å². The molecule has 4 heteroatoms. The number of methoxy groups -OCH3 is 1. The zero-order chi connectivity index (χ0) is 14.2. The Hall–Kier alpha value is -0.610. The van der Waals surface area contributed by atoms with Crippen LogP contribution >= 0.6 is 0 Å². The first-order valence-corrected chi connectivity index (χ1v) is 6.80. The Labute approximate surface area is 112 Å². The van der Waals surface area contributed by atoms with E-state index in [9.17, 15) is 4.79 Å². The third-order valence-electron chi connectivity index (χ3n) is 3.35. The summed E-state index contributed by atoms with van der Waals surface area (Å²) in [5, 5.41) is 3.04. The van der Waals surface area contributed by atoms with Gasteiger partial charge in [-0.1, -0.05) is 27.7 Å². The summed E-state index contributed by atoms with van der Waals surface area (Å²) in [6.45, 7) is 9.72. The van der Waals surface area contributed by atoms with Crippen molar-refractivity contribution in [1.29, 1.82) is 0 Å². The summed E-state index contributed by atoms with van der Waals surface area (Å²) in [7, 11) is 1.66. The molecule has 0 aliphatic carbocycles. The van der Waals surface area contributed by atoms with Crippen molar-refractivity contribution >= 4 is 5.91 Å². The average molecular weight is 258 g/mol. The Kier molecular flexibility index (Phi) is 8.20. The minimum atomic E-state index is 0.0973. The Morgan fingerprint density at radius 3 is 2.39 bits per heavy atom. The Balaban J connectivity index is 4.09. The molecule has 0 saturated heterocycles. The number of nitrogens with one attached hydrogen (secondary N) is 1. The van der Waals surface area contributed by atoms with Crippen LogP contribution in [0.4, 0.5) is 0 Å². The standard InChI is InChI=1S/C14H30N2O2/c1-11(2)12(10-18-5)16-13(17)6-7-14(3,4)8-9-15/h11-12H,6-10,15H2,1-5H3,(H,16,17). The van der Waals surface area contributed by atoms with Gasteiger partial charge in [-0.25, -0.2) is 0 Å². The number of nitrogens with two attached hydrogens (primary N) is 1. The van der Waals surface area contributed by atoms with Crippen LogP contribution in [0.3, 0.4) is 0 Å². The van der Waals surface area contributed by atoms with E-state index in [1.54, 1.807) is 7.11 Å². The van der Waals surface area contributed by atoms with Crippen LogP contribution in [0.1, 0.15) is 47.0 Å². The topological polar surface area (TPSA) is 64.3 Å². The zero-order valence-electron chi connectivity index (χ0n) is 12.6. The van der Waals surface area contributed by atoms with Gasteiger partial charge in [-0.05, 0) is 30.7 Å². The molecule has 0 bridgehead atoms. The molecule has 0 rings (SSSR count). The number of hydrogen-bond donors (Lipinski definition) is 2. The van der Waals surface area contributed by atoms with E-state index in [1.807, 2.05) is 0 Å². The van der Waals surface area contributed by atoms with Crippen LogP contribution in [-0.2, 0) is 9.53 Å². The first-order valence-electron chi connectivity index (χ1n) is 6.80. The molecule has 1 amide bonds. The lowest BCUT2D eigenvalue weighted by atomic mass is 9.84. The van der Waals surface area contributed by atoms with Gasteiger partial charge in [0, 0.05) is 13.5 Å². The fourth-order valence-corrected chi connectivity index (χ4v) is 1.83. The second-order valence-corrected chi connectivity index (χ2v) is 6.08. The summed E-state index contributed by atoms with van der Waals surface area (Å²) in [6.07, 6.45) is 2.37. The fraction of sp³-hybridized carbons (Fsp3) is 0.929. The lowest BCUT2D eigenvalue weighted by Crippen LogP contribution is -2.41. The fourth-order valence-electron chi connectivity index (χ4n) is 1.83. The second kappa shape index (κ2) is 8.48. The van der Waals surface area contributed by atoms with Gasteiger partial charge in [0.1, 0.15) is 0 Å². The van der Waals surface area contributed by atoms with E-state index in [1.165, 1.54) is 0 Å². The van der Waals surface area contributed by atoms with Gasteiger partial charge in [0.05, 0.1) is 12.6 Å². The summed E-state index contributed by atoms with van der Waals surface area (Å²) >= 11 is 0. The Morgan fingerprint density at radius 2 is 1.94 bits per heavy atom. The van der Waals surface area contributed by atoms with Crippen LogP contribution in [0.5, 0.6) is 0 Å². The Bertz CT molecular complexity index is 240. The average Bonchev–Trinajstić information content (AvgIpc) is 2.26. The summed E-state index contributed by atoms with van der Waals surface area (Å²) in [5.74, 6) is 0.488. The zero-order valence-corrected chi connectivity index (χ0v) is 12.6. The molecule has 0 heterocycles. The van der Waals surface area contributed by atoms with Gasteiger partial charge in [-0.2, -0.15) is 0 Å². The van der Waals surface area contributed by atoms with Crippen LogP contribution in [0, 0.1) is 11.3 Å². The maximum Gasteiger partial charge on any atom is 0.220 e. The number of carbonyl (C=O) groups is 1. The molecule has 0 aromatic carbocycles. The monoisotopic (exact) mass is 258 g/mol. The van der Waals surface area contributed by atoms with E-state index < -0.39 is 0 Å². The van der Waals surface area contributed by atoms with Crippen LogP contribution < -0.4 is 11.1 Å². The molecule has 0 aliphatic heterocycles. The molecule has 0 spiro atoms. The Morgan fingerprint density at radius 1 is 1.33 bits per heavy atom. The van der Waals surface area contributed by atoms with Crippen molar-refractivity contribution in [2.24, 2.45) is 17.1 Å². The molecule has 0 aromatic heterocycles. The van der Waals surface area contributed by atoms with Crippen molar-refractivity contribution in [3.05, 3.63) is 0 Å². The van der Waals surface area contributed by atoms with Crippen molar-refractivity contribution in [2.45, 2.75) is 53.0 Å². The minimum Gasteiger partial charge on any atom is -0.383 e. The molecule has 0 fully saturated rings. The summed E-state index contributed by atoms with van der Waals surface area (Å²) in [4.78, 5) is 11.9. The highest BCUT2D eigenvalue weighted by Gasteiger charge is 2.20. The molecular weight excluding hydrogens is 228 g/mol. The van der Waals surface area contributed by atoms with Crippen molar-refractivity contribution < 1.29 is 9.53 Å². The molecule has 1 unspecified atom stereocenters. The molecule has 3 N–H and O–H groups in total. The van der Waals surface area contributed by atoms with Gasteiger partial charge in [-0.15, -0.1) is 0 Å². The van der Waals surface area contributed by atoms with E-state index in [0.29, 0.717) is 25.5 Å². The van der Waals surface area contributed by atoms with Crippen molar-refractivity contribution in [3.8, 4) is 0 Å². The minimum absolute atomic E-state index is 0.0973. The molecule has 0 aromatic rings. The van der Waals surface area contributed by atoms with Crippen LogP contribution in [-0.4, -0.2) is 32.2 Å². The van der Waals surface area contributed by atoms with Crippen molar-refractivity contribution in [1.82, 2.24) is 5.32 Å². The van der Waals surface area contributed by atoms with Crippen molar-refractivity contribution in [3.63, 3.8) is 0 Å². The van der Waals surface area contributed by atoms with E-state index >= 15 is 0 Å². The maximum atomic E-state index is 11.9. The lowest BCUT2D eigenvalue weighted by Gasteiger charge is -2.25. The summed E-state index contributed by atoms with van der Waals surface area (Å²) in [6, 6.07) is 0.0973. The normalized spacial score (nSPS) is 13.7. The molecule has 0 saturated carbocycles. The highest BCUT2D eigenvalue weighted by Crippen LogP contribution is 2.25. The van der Waals surface area contributed by atoms with Crippen molar-refractivity contribution in [2.75, 3.05) is 20.3 Å². The first kappa shape index (κ1) is 17.4. The highest BCUT2D eigenvalue weighted by atomic mass is 16.5. The second-order valence-electron chi connectivity index (χ2n) is 6.08. The third kappa shape index (κ3) is 7.67. The van der Waals surface area contributed by atoms with E-state index in [0.717, 1.165) is 12.8 Å². The summed E-state index contributed by atoms with van der Waals surface area (Å²) in [5.41, 5.74) is 5.70. The predicted molar refractivity (Wildman–Crippen MR) is 75.3 cm³/mol. The number of carbonyl (C=O) groups excluding carboxylic acids is 1. The molecule has 0 aliphatic rings. The molecule has 0 radical (unpaired) electrons. The quantitative estimate of drug-likeness (QED) is 0.664. The van der Waals surface area contributed by atoms with Gasteiger partial charge < -0.3 is 15.8 Å². The van der Waals surface area contributed by atoms with Gasteiger partial charge in [0.2, 0.25) is 5.91 Å². The van der Waals surface area contributed by atoms with Gasteiger partial charge in [-0.3, -0.25) is 4.79 Å².